The van der Waals surface area contributed by atoms with E-state index in [4.69, 9.17) is 0 Å². The van der Waals surface area contributed by atoms with Crippen molar-refractivity contribution in [3.8, 4) is 0 Å². The average molecular weight is 232 g/mol. The minimum absolute atomic E-state index is 0.680. The van der Waals surface area contributed by atoms with Crippen LogP contribution in [0, 0.1) is 0 Å². The predicted molar refractivity (Wildman–Crippen MR) is 66.6 cm³/mol. The molecule has 0 bridgehead atoms. The Morgan fingerprint density at radius 2 is 1.93 bits per heavy atom. The Labute approximate surface area is 94.4 Å². The first-order valence-corrected chi connectivity index (χ1v) is 8.11. The first-order chi connectivity index (χ1) is 7.14. The van der Waals surface area contributed by atoms with Gasteiger partial charge < -0.3 is 0 Å². The molecule has 1 saturated heterocycles. The molecule has 1 heterocycles. The number of unbranched alkanes of at least 4 members (excludes halogenated alkanes) is 1. The van der Waals surface area contributed by atoms with E-state index in [1.54, 1.807) is 6.26 Å². The molecule has 0 N–H and O–H groups in total. The summed E-state index contributed by atoms with van der Waals surface area (Å²) in [5, 5.41) is 0. The molecule has 0 amide bonds. The topological polar surface area (TPSA) is 32.7 Å². The number of likely N-dealkylation sites (tertiary alicyclic amines) is 1. The zero-order valence-electron chi connectivity index (χ0n) is 10.1. The van der Waals surface area contributed by atoms with Crippen molar-refractivity contribution in [3.05, 3.63) is 0 Å². The second-order valence-corrected chi connectivity index (χ2v) is 7.05. The van der Waals surface area contributed by atoms with Gasteiger partial charge >= 0.3 is 0 Å². The van der Waals surface area contributed by atoms with Gasteiger partial charge in [0, 0.05) is 21.7 Å². The van der Waals surface area contributed by atoms with Crippen LogP contribution >= 0.6 is 0 Å². The van der Waals surface area contributed by atoms with Gasteiger partial charge in [-0.3, -0.25) is 9.11 Å². The SMILES string of the molecule is CCCCS(C)(=O)=NCN1CCCCC1. The molecule has 4 heteroatoms. The van der Waals surface area contributed by atoms with Crippen LogP contribution in [0.4, 0.5) is 0 Å². The smallest absolute Gasteiger partial charge is 0.100 e. The van der Waals surface area contributed by atoms with Gasteiger partial charge in [0.05, 0.1) is 0 Å². The van der Waals surface area contributed by atoms with Crippen LogP contribution in [0.5, 0.6) is 0 Å². The number of piperidine rings is 1. The maximum absolute atomic E-state index is 12.0. The van der Waals surface area contributed by atoms with Crippen molar-refractivity contribution in [1.29, 1.82) is 0 Å². The van der Waals surface area contributed by atoms with E-state index in [1.807, 2.05) is 0 Å². The molecule has 1 aliphatic rings. The Kier molecular flexibility index (Phi) is 5.61. The second kappa shape index (κ2) is 6.48. The fraction of sp³-hybridized carbons (Fsp3) is 1.00. The summed E-state index contributed by atoms with van der Waals surface area (Å²) in [5.74, 6) is 0.761. The van der Waals surface area contributed by atoms with Crippen LogP contribution in [-0.4, -0.2) is 40.9 Å². The van der Waals surface area contributed by atoms with Crippen molar-refractivity contribution in [2.45, 2.75) is 39.0 Å². The van der Waals surface area contributed by atoms with Crippen LogP contribution < -0.4 is 0 Å². The summed E-state index contributed by atoms with van der Waals surface area (Å²) in [7, 11) is -1.91. The molecule has 0 aromatic carbocycles. The van der Waals surface area contributed by atoms with Gasteiger partial charge in [-0.05, 0) is 32.4 Å². The van der Waals surface area contributed by atoms with E-state index in [2.05, 4.69) is 16.2 Å². The van der Waals surface area contributed by atoms with Gasteiger partial charge in [0.1, 0.15) is 6.67 Å². The maximum Gasteiger partial charge on any atom is 0.100 e. The quantitative estimate of drug-likeness (QED) is 0.729. The zero-order valence-corrected chi connectivity index (χ0v) is 10.9. The Morgan fingerprint density at radius 3 is 2.53 bits per heavy atom. The van der Waals surface area contributed by atoms with Gasteiger partial charge in [-0.1, -0.05) is 19.8 Å². The molecule has 0 spiro atoms. The summed E-state index contributed by atoms with van der Waals surface area (Å²) >= 11 is 0. The molecule has 1 unspecified atom stereocenters. The molecular formula is C11H24N2OS. The largest absolute Gasteiger partial charge is 0.284 e. The molecule has 0 aromatic heterocycles. The van der Waals surface area contributed by atoms with Crippen molar-refractivity contribution in [1.82, 2.24) is 4.90 Å². The van der Waals surface area contributed by atoms with Crippen LogP contribution in [0.3, 0.4) is 0 Å². The predicted octanol–water partition coefficient (Wildman–Crippen LogP) is 2.33. The minimum Gasteiger partial charge on any atom is -0.284 e. The first kappa shape index (κ1) is 13.0. The van der Waals surface area contributed by atoms with Crippen LogP contribution in [0.25, 0.3) is 0 Å². The Hall–Kier alpha value is -0.0900. The highest BCUT2D eigenvalue weighted by atomic mass is 32.2. The second-order valence-electron chi connectivity index (χ2n) is 4.47. The highest BCUT2D eigenvalue weighted by molar-refractivity contribution is 7.92. The molecular weight excluding hydrogens is 208 g/mol. The van der Waals surface area contributed by atoms with Crippen molar-refractivity contribution in [2.75, 3.05) is 31.8 Å². The third-order valence-corrected chi connectivity index (χ3v) is 4.56. The lowest BCUT2D eigenvalue weighted by atomic mass is 10.1. The number of rotatable bonds is 5. The van der Waals surface area contributed by atoms with E-state index in [9.17, 15) is 4.21 Å². The number of nitrogens with zero attached hydrogens (tertiary/aromatic N) is 2. The molecule has 0 radical (unpaired) electrons. The van der Waals surface area contributed by atoms with Crippen molar-refractivity contribution in [3.63, 3.8) is 0 Å². The third-order valence-electron chi connectivity index (χ3n) is 2.86. The van der Waals surface area contributed by atoms with E-state index in [1.165, 1.54) is 19.3 Å². The fourth-order valence-electron chi connectivity index (χ4n) is 1.78. The molecule has 15 heavy (non-hydrogen) atoms. The molecule has 1 atom stereocenters. The first-order valence-electron chi connectivity index (χ1n) is 6.02. The lowest BCUT2D eigenvalue weighted by Gasteiger charge is -2.24. The maximum atomic E-state index is 12.0. The standard InChI is InChI=1S/C11H24N2OS/c1-3-4-10-15(2,14)12-11-13-8-6-5-7-9-13/h3-11H2,1-2H3. The van der Waals surface area contributed by atoms with Crippen molar-refractivity contribution < 1.29 is 4.21 Å². The summed E-state index contributed by atoms with van der Waals surface area (Å²) in [5.41, 5.74) is 0. The molecule has 90 valence electrons. The van der Waals surface area contributed by atoms with Gasteiger partial charge in [-0.15, -0.1) is 0 Å². The summed E-state index contributed by atoms with van der Waals surface area (Å²) in [6, 6.07) is 0. The lowest BCUT2D eigenvalue weighted by Crippen LogP contribution is -2.30. The summed E-state index contributed by atoms with van der Waals surface area (Å²) < 4.78 is 16.4. The molecule has 3 nitrogen and oxygen atoms in total. The molecule has 1 fully saturated rings. The third kappa shape index (κ3) is 5.52. The number of hydrogen-bond donors (Lipinski definition) is 0. The highest BCUT2D eigenvalue weighted by Gasteiger charge is 2.09. The van der Waals surface area contributed by atoms with Gasteiger partial charge in [0.2, 0.25) is 0 Å². The zero-order chi connectivity index (χ0) is 11.1. The molecule has 1 aliphatic heterocycles. The summed E-state index contributed by atoms with van der Waals surface area (Å²) in [6.45, 7) is 5.07. The normalized spacial score (nSPS) is 22.3. The van der Waals surface area contributed by atoms with Crippen LogP contribution in [0.2, 0.25) is 0 Å². The molecule has 0 aromatic rings. The molecule has 0 aliphatic carbocycles. The van der Waals surface area contributed by atoms with Gasteiger partial charge in [0.25, 0.3) is 0 Å². The number of hydrogen-bond acceptors (Lipinski definition) is 3. The van der Waals surface area contributed by atoms with E-state index >= 15 is 0 Å². The summed E-state index contributed by atoms with van der Waals surface area (Å²) in [6.07, 6.45) is 7.81. The molecule has 1 rings (SSSR count). The van der Waals surface area contributed by atoms with Crippen LogP contribution in [0.1, 0.15) is 39.0 Å². The van der Waals surface area contributed by atoms with E-state index in [-0.39, 0.29) is 0 Å². The highest BCUT2D eigenvalue weighted by Crippen LogP contribution is 2.09. The van der Waals surface area contributed by atoms with E-state index < -0.39 is 9.73 Å². The average Bonchev–Trinajstić information content (AvgIpc) is 2.25. The van der Waals surface area contributed by atoms with Crippen molar-refractivity contribution >= 4 is 9.73 Å². The van der Waals surface area contributed by atoms with Gasteiger partial charge in [-0.25, -0.2) is 4.36 Å². The lowest BCUT2D eigenvalue weighted by molar-refractivity contribution is 0.236. The minimum atomic E-state index is -1.91. The van der Waals surface area contributed by atoms with Gasteiger partial charge in [0.15, 0.2) is 0 Å². The Morgan fingerprint density at radius 1 is 1.27 bits per heavy atom. The Bertz CT molecular complexity index is 276. The summed E-state index contributed by atoms with van der Waals surface area (Å²) in [4.78, 5) is 2.32. The Balaban J connectivity index is 2.36. The van der Waals surface area contributed by atoms with Gasteiger partial charge in [-0.2, -0.15) is 0 Å². The van der Waals surface area contributed by atoms with Crippen molar-refractivity contribution in [2.24, 2.45) is 4.36 Å². The van der Waals surface area contributed by atoms with E-state index in [0.29, 0.717) is 6.67 Å². The van der Waals surface area contributed by atoms with Crippen LogP contribution in [0.15, 0.2) is 4.36 Å². The monoisotopic (exact) mass is 232 g/mol. The van der Waals surface area contributed by atoms with E-state index in [0.717, 1.165) is 31.7 Å². The fourth-order valence-corrected chi connectivity index (χ4v) is 3.14. The molecule has 0 saturated carbocycles. The van der Waals surface area contributed by atoms with Crippen LogP contribution in [-0.2, 0) is 9.73 Å².